The zero-order valence-electron chi connectivity index (χ0n) is 10.7. The molecular formula is C12H23N3O2. The lowest BCUT2D eigenvalue weighted by Crippen LogP contribution is -2.44. The number of hydrogen-bond donors (Lipinski definition) is 3. The number of carbonyl (C=O) groups excluding carboxylic acids is 2. The van der Waals surface area contributed by atoms with Crippen LogP contribution in [0.5, 0.6) is 0 Å². The second kappa shape index (κ2) is 7.27. The van der Waals surface area contributed by atoms with E-state index in [2.05, 4.69) is 29.8 Å². The number of amides is 2. The number of nitrogens with one attached hydrogen (secondary N) is 3. The van der Waals surface area contributed by atoms with Crippen molar-refractivity contribution in [3.8, 4) is 0 Å². The lowest BCUT2D eigenvalue weighted by Gasteiger charge is -2.26. The molecule has 98 valence electrons. The van der Waals surface area contributed by atoms with Crippen molar-refractivity contribution in [1.29, 1.82) is 0 Å². The Morgan fingerprint density at radius 2 is 1.94 bits per heavy atom. The van der Waals surface area contributed by atoms with E-state index in [1.807, 2.05) is 0 Å². The van der Waals surface area contributed by atoms with Gasteiger partial charge in [0.25, 0.3) is 0 Å². The Morgan fingerprint density at radius 1 is 1.24 bits per heavy atom. The van der Waals surface area contributed by atoms with E-state index in [1.165, 1.54) is 0 Å². The summed E-state index contributed by atoms with van der Waals surface area (Å²) in [7, 11) is 0. The van der Waals surface area contributed by atoms with Gasteiger partial charge in [0.2, 0.25) is 11.8 Å². The Bertz CT molecular complexity index is 262. The molecule has 1 rings (SSSR count). The molecule has 0 unspecified atom stereocenters. The summed E-state index contributed by atoms with van der Waals surface area (Å²) in [5, 5.41) is 8.72. The van der Waals surface area contributed by atoms with Crippen LogP contribution in [0, 0.1) is 11.8 Å². The van der Waals surface area contributed by atoms with Crippen LogP contribution in [0.25, 0.3) is 0 Å². The molecule has 17 heavy (non-hydrogen) atoms. The minimum atomic E-state index is 0.00399. The van der Waals surface area contributed by atoms with Crippen LogP contribution >= 0.6 is 0 Å². The van der Waals surface area contributed by atoms with Crippen molar-refractivity contribution >= 4 is 11.8 Å². The molecule has 0 atom stereocenters. The van der Waals surface area contributed by atoms with Gasteiger partial charge in [-0.2, -0.15) is 0 Å². The summed E-state index contributed by atoms with van der Waals surface area (Å²) in [5.74, 6) is 0.988. The maximum absolute atomic E-state index is 11.4. The molecule has 1 fully saturated rings. The first-order valence-electron chi connectivity index (χ1n) is 6.32. The summed E-state index contributed by atoms with van der Waals surface area (Å²) in [6.45, 7) is 7.09. The Balaban J connectivity index is 1.98. The summed E-state index contributed by atoms with van der Waals surface area (Å²) < 4.78 is 0. The quantitative estimate of drug-likeness (QED) is 0.582. The van der Waals surface area contributed by atoms with Gasteiger partial charge in [-0.1, -0.05) is 13.8 Å². The predicted octanol–water partition coefficient (Wildman–Crippen LogP) is -0.126. The Morgan fingerprint density at radius 3 is 2.47 bits per heavy atom. The lowest BCUT2D eigenvalue weighted by atomic mass is 9.99. The van der Waals surface area contributed by atoms with E-state index in [9.17, 15) is 9.59 Å². The zero-order valence-corrected chi connectivity index (χ0v) is 10.7. The maximum Gasteiger partial charge on any atom is 0.221 e. The van der Waals surface area contributed by atoms with Crippen molar-refractivity contribution in [1.82, 2.24) is 16.0 Å². The van der Waals surface area contributed by atoms with E-state index < -0.39 is 0 Å². The average molecular weight is 241 g/mol. The Kier molecular flexibility index (Phi) is 5.97. The van der Waals surface area contributed by atoms with Crippen LogP contribution in [0.4, 0.5) is 0 Å². The smallest absolute Gasteiger partial charge is 0.221 e. The van der Waals surface area contributed by atoms with Crippen LogP contribution in [0.3, 0.4) is 0 Å². The molecule has 1 aliphatic heterocycles. The van der Waals surface area contributed by atoms with Gasteiger partial charge < -0.3 is 16.0 Å². The molecule has 5 heteroatoms. The molecule has 0 aliphatic carbocycles. The molecule has 1 heterocycles. The highest BCUT2D eigenvalue weighted by Gasteiger charge is 2.19. The van der Waals surface area contributed by atoms with Gasteiger partial charge in [0.15, 0.2) is 0 Å². The summed E-state index contributed by atoms with van der Waals surface area (Å²) >= 11 is 0. The molecular weight excluding hydrogens is 218 g/mol. The van der Waals surface area contributed by atoms with Gasteiger partial charge in [-0.25, -0.2) is 0 Å². The van der Waals surface area contributed by atoms with Gasteiger partial charge >= 0.3 is 0 Å². The fourth-order valence-corrected chi connectivity index (χ4v) is 1.55. The van der Waals surface area contributed by atoms with Crippen LogP contribution in [0.15, 0.2) is 0 Å². The summed E-state index contributed by atoms with van der Waals surface area (Å²) in [5.41, 5.74) is 0. The second-order valence-electron chi connectivity index (χ2n) is 5.03. The molecule has 2 amide bonds. The minimum Gasteiger partial charge on any atom is -0.356 e. The van der Waals surface area contributed by atoms with E-state index in [0.717, 1.165) is 13.1 Å². The van der Waals surface area contributed by atoms with E-state index in [1.54, 1.807) is 0 Å². The first kappa shape index (κ1) is 14.0. The molecule has 0 aromatic carbocycles. The molecule has 0 bridgehead atoms. The molecule has 5 nitrogen and oxygen atoms in total. The topological polar surface area (TPSA) is 70.2 Å². The molecule has 3 N–H and O–H groups in total. The van der Waals surface area contributed by atoms with E-state index in [0.29, 0.717) is 37.8 Å². The highest BCUT2D eigenvalue weighted by Crippen LogP contribution is 2.07. The first-order valence-corrected chi connectivity index (χ1v) is 6.32. The van der Waals surface area contributed by atoms with Crippen molar-refractivity contribution in [2.45, 2.75) is 26.7 Å². The molecule has 0 saturated carbocycles. The largest absolute Gasteiger partial charge is 0.356 e. The third-order valence-electron chi connectivity index (χ3n) is 2.72. The van der Waals surface area contributed by atoms with Crippen LogP contribution < -0.4 is 16.0 Å². The second-order valence-corrected chi connectivity index (χ2v) is 5.03. The van der Waals surface area contributed by atoms with Crippen LogP contribution in [-0.4, -0.2) is 38.0 Å². The van der Waals surface area contributed by atoms with Crippen LogP contribution in [0.2, 0.25) is 0 Å². The van der Waals surface area contributed by atoms with Crippen molar-refractivity contribution < 1.29 is 9.59 Å². The summed E-state index contributed by atoms with van der Waals surface area (Å²) in [6.07, 6.45) is 0.933. The third-order valence-corrected chi connectivity index (χ3v) is 2.72. The van der Waals surface area contributed by atoms with Gasteiger partial charge in [0.1, 0.15) is 0 Å². The van der Waals surface area contributed by atoms with E-state index in [4.69, 9.17) is 0 Å². The number of hydrogen-bond acceptors (Lipinski definition) is 3. The maximum atomic E-state index is 11.4. The highest BCUT2D eigenvalue weighted by atomic mass is 16.2. The van der Waals surface area contributed by atoms with E-state index >= 15 is 0 Å². The van der Waals surface area contributed by atoms with Gasteiger partial charge in [-0.3, -0.25) is 9.59 Å². The molecule has 0 radical (unpaired) electrons. The molecule has 1 saturated heterocycles. The monoisotopic (exact) mass is 241 g/mol. The van der Waals surface area contributed by atoms with Crippen molar-refractivity contribution in [3.05, 3.63) is 0 Å². The van der Waals surface area contributed by atoms with Crippen LogP contribution in [0.1, 0.15) is 26.7 Å². The molecule has 1 aliphatic rings. The summed E-state index contributed by atoms with van der Waals surface area (Å²) in [6, 6.07) is 0. The van der Waals surface area contributed by atoms with Crippen molar-refractivity contribution in [2.24, 2.45) is 11.8 Å². The molecule has 0 aromatic rings. The van der Waals surface area contributed by atoms with Crippen molar-refractivity contribution in [2.75, 3.05) is 26.2 Å². The average Bonchev–Trinajstić information content (AvgIpc) is 2.20. The fourth-order valence-electron chi connectivity index (χ4n) is 1.55. The zero-order chi connectivity index (χ0) is 12.7. The Hall–Kier alpha value is -1.10. The van der Waals surface area contributed by atoms with Gasteiger partial charge in [-0.15, -0.1) is 0 Å². The highest BCUT2D eigenvalue weighted by molar-refractivity contribution is 5.79. The number of carbonyl (C=O) groups is 2. The normalized spacial score (nSPS) is 15.5. The standard InChI is InChI=1S/C12H23N3O2/c1-9(2)6-15-11(16)3-4-14-12(17)5-10-7-13-8-10/h9-10,13H,3-8H2,1-2H3,(H,14,17)(H,15,16). The summed E-state index contributed by atoms with van der Waals surface area (Å²) in [4.78, 5) is 22.8. The molecule has 0 spiro atoms. The van der Waals surface area contributed by atoms with Gasteiger partial charge in [0.05, 0.1) is 0 Å². The third kappa shape index (κ3) is 6.26. The minimum absolute atomic E-state index is 0.00399. The van der Waals surface area contributed by atoms with Crippen molar-refractivity contribution in [3.63, 3.8) is 0 Å². The van der Waals surface area contributed by atoms with Crippen LogP contribution in [-0.2, 0) is 9.59 Å². The SMILES string of the molecule is CC(C)CNC(=O)CCNC(=O)CC1CNC1. The predicted molar refractivity (Wildman–Crippen MR) is 66.5 cm³/mol. The van der Waals surface area contributed by atoms with Gasteiger partial charge in [0, 0.05) is 25.9 Å². The fraction of sp³-hybridized carbons (Fsp3) is 0.833. The van der Waals surface area contributed by atoms with Gasteiger partial charge in [-0.05, 0) is 24.9 Å². The lowest BCUT2D eigenvalue weighted by molar-refractivity contribution is -0.123. The Labute approximate surface area is 103 Å². The molecule has 0 aromatic heterocycles. The van der Waals surface area contributed by atoms with E-state index in [-0.39, 0.29) is 11.8 Å². The first-order chi connectivity index (χ1) is 8.08. The number of rotatable bonds is 7.